The number of benzene rings is 1. The molecule has 1 aromatic carbocycles. The number of carbonyl (C=O) groups is 1. The van der Waals surface area contributed by atoms with Crippen LogP contribution in [-0.4, -0.2) is 11.9 Å². The topological polar surface area (TPSA) is 55.1 Å². The molecule has 1 saturated carbocycles. The Hall–Kier alpha value is -1.35. The van der Waals surface area contributed by atoms with E-state index in [9.17, 15) is 4.79 Å². The minimum absolute atomic E-state index is 0.0664. The highest BCUT2D eigenvalue weighted by molar-refractivity contribution is 5.83. The van der Waals surface area contributed by atoms with Gasteiger partial charge in [-0.1, -0.05) is 42.7 Å². The molecule has 1 amide bonds. The van der Waals surface area contributed by atoms with Gasteiger partial charge in [-0.15, -0.1) is 0 Å². The van der Waals surface area contributed by atoms with Crippen LogP contribution in [0.4, 0.5) is 0 Å². The van der Waals surface area contributed by atoms with Crippen molar-refractivity contribution in [1.29, 1.82) is 0 Å². The Balaban J connectivity index is 1.93. The van der Waals surface area contributed by atoms with E-state index in [0.717, 1.165) is 5.56 Å². The maximum Gasteiger partial charge on any atom is 0.241 e. The number of carbonyl (C=O) groups excluding carboxylic acids is 1. The third-order valence-electron chi connectivity index (χ3n) is 4.20. The smallest absolute Gasteiger partial charge is 0.241 e. The quantitative estimate of drug-likeness (QED) is 0.874. The van der Waals surface area contributed by atoms with Gasteiger partial charge >= 0.3 is 0 Å². The SMILES string of the molecule is Cc1ccc(C(N)C(=O)N[C@H](C)C2CCCC2)cc1. The second-order valence-electron chi connectivity index (χ2n) is 5.73. The number of nitrogens with one attached hydrogen (secondary N) is 1. The summed E-state index contributed by atoms with van der Waals surface area (Å²) in [6.07, 6.45) is 5.02. The van der Waals surface area contributed by atoms with Crippen molar-refractivity contribution in [2.75, 3.05) is 0 Å². The van der Waals surface area contributed by atoms with Gasteiger partial charge < -0.3 is 11.1 Å². The number of amides is 1. The molecule has 1 aliphatic carbocycles. The average molecular weight is 260 g/mol. The van der Waals surface area contributed by atoms with Crippen molar-refractivity contribution in [3.05, 3.63) is 35.4 Å². The highest BCUT2D eigenvalue weighted by Gasteiger charge is 2.25. The van der Waals surface area contributed by atoms with E-state index in [4.69, 9.17) is 5.73 Å². The Morgan fingerprint density at radius 3 is 2.42 bits per heavy atom. The van der Waals surface area contributed by atoms with Crippen LogP contribution in [0.15, 0.2) is 24.3 Å². The molecular weight excluding hydrogens is 236 g/mol. The molecule has 2 rings (SSSR count). The van der Waals surface area contributed by atoms with Gasteiger partial charge in [-0.05, 0) is 38.2 Å². The molecule has 0 heterocycles. The van der Waals surface area contributed by atoms with Crippen molar-refractivity contribution in [1.82, 2.24) is 5.32 Å². The van der Waals surface area contributed by atoms with Gasteiger partial charge in [0.2, 0.25) is 5.91 Å². The van der Waals surface area contributed by atoms with Gasteiger partial charge in [0.15, 0.2) is 0 Å². The summed E-state index contributed by atoms with van der Waals surface area (Å²) < 4.78 is 0. The zero-order valence-electron chi connectivity index (χ0n) is 11.9. The minimum atomic E-state index is -0.565. The standard InChI is InChI=1S/C16H24N2O/c1-11-7-9-14(10-8-11)15(17)16(19)18-12(2)13-5-3-4-6-13/h7-10,12-13,15H,3-6,17H2,1-2H3,(H,18,19)/t12-,15?/m1/s1. The second kappa shape index (κ2) is 6.20. The number of rotatable bonds is 4. The molecule has 2 atom stereocenters. The molecular formula is C16H24N2O. The van der Waals surface area contributed by atoms with Crippen LogP contribution in [0.1, 0.15) is 49.8 Å². The summed E-state index contributed by atoms with van der Waals surface area (Å²) in [5.74, 6) is 0.553. The van der Waals surface area contributed by atoms with Gasteiger partial charge in [-0.2, -0.15) is 0 Å². The molecule has 0 saturated heterocycles. The zero-order valence-corrected chi connectivity index (χ0v) is 11.9. The van der Waals surface area contributed by atoms with Gasteiger partial charge in [0.1, 0.15) is 6.04 Å². The first-order valence-electron chi connectivity index (χ1n) is 7.20. The van der Waals surface area contributed by atoms with E-state index in [1.807, 2.05) is 31.2 Å². The molecule has 0 bridgehead atoms. The highest BCUT2D eigenvalue weighted by Crippen LogP contribution is 2.27. The first kappa shape index (κ1) is 14.1. The van der Waals surface area contributed by atoms with Gasteiger partial charge in [0, 0.05) is 6.04 Å². The maximum atomic E-state index is 12.2. The molecule has 3 nitrogen and oxygen atoms in total. The Bertz CT molecular complexity index is 421. The Morgan fingerprint density at radius 1 is 1.26 bits per heavy atom. The summed E-state index contributed by atoms with van der Waals surface area (Å²) in [6, 6.07) is 7.50. The summed E-state index contributed by atoms with van der Waals surface area (Å²) in [6.45, 7) is 4.12. The highest BCUT2D eigenvalue weighted by atomic mass is 16.2. The number of nitrogens with two attached hydrogens (primary N) is 1. The van der Waals surface area contributed by atoms with Crippen LogP contribution >= 0.6 is 0 Å². The lowest BCUT2D eigenvalue weighted by atomic mass is 9.98. The van der Waals surface area contributed by atoms with Gasteiger partial charge in [-0.25, -0.2) is 0 Å². The van der Waals surface area contributed by atoms with Crippen LogP contribution in [0.3, 0.4) is 0 Å². The Morgan fingerprint density at radius 2 is 1.84 bits per heavy atom. The molecule has 3 heteroatoms. The van der Waals surface area contributed by atoms with E-state index >= 15 is 0 Å². The van der Waals surface area contributed by atoms with E-state index in [1.165, 1.54) is 31.2 Å². The number of hydrogen-bond donors (Lipinski definition) is 2. The van der Waals surface area contributed by atoms with Crippen molar-refractivity contribution in [3.8, 4) is 0 Å². The molecule has 0 aromatic heterocycles. The summed E-state index contributed by atoms with van der Waals surface area (Å²) in [5.41, 5.74) is 8.08. The van der Waals surface area contributed by atoms with E-state index in [1.54, 1.807) is 0 Å². The summed E-state index contributed by atoms with van der Waals surface area (Å²) >= 11 is 0. The predicted octanol–water partition coefficient (Wildman–Crippen LogP) is 2.69. The number of hydrogen-bond acceptors (Lipinski definition) is 2. The zero-order chi connectivity index (χ0) is 13.8. The average Bonchev–Trinajstić information content (AvgIpc) is 2.92. The molecule has 1 unspecified atom stereocenters. The predicted molar refractivity (Wildman–Crippen MR) is 77.7 cm³/mol. The van der Waals surface area contributed by atoms with Crippen molar-refractivity contribution >= 4 is 5.91 Å². The van der Waals surface area contributed by atoms with E-state index < -0.39 is 6.04 Å². The molecule has 104 valence electrons. The first-order chi connectivity index (χ1) is 9.08. The van der Waals surface area contributed by atoms with Crippen molar-refractivity contribution < 1.29 is 4.79 Å². The number of aryl methyl sites for hydroxylation is 1. The summed E-state index contributed by atoms with van der Waals surface area (Å²) in [4.78, 5) is 12.2. The van der Waals surface area contributed by atoms with Crippen LogP contribution in [-0.2, 0) is 4.79 Å². The lowest BCUT2D eigenvalue weighted by Gasteiger charge is -2.22. The fraction of sp³-hybridized carbons (Fsp3) is 0.562. The van der Waals surface area contributed by atoms with E-state index in [2.05, 4.69) is 12.2 Å². The summed E-state index contributed by atoms with van der Waals surface area (Å²) in [5, 5.41) is 3.07. The van der Waals surface area contributed by atoms with Crippen molar-refractivity contribution in [3.63, 3.8) is 0 Å². The summed E-state index contributed by atoms with van der Waals surface area (Å²) in [7, 11) is 0. The monoisotopic (exact) mass is 260 g/mol. The Kier molecular flexibility index (Phi) is 4.59. The first-order valence-corrected chi connectivity index (χ1v) is 7.20. The fourth-order valence-electron chi connectivity index (χ4n) is 2.81. The normalized spacial score (nSPS) is 19.1. The van der Waals surface area contributed by atoms with Crippen LogP contribution in [0, 0.1) is 12.8 Å². The lowest BCUT2D eigenvalue weighted by Crippen LogP contribution is -2.42. The molecule has 3 N–H and O–H groups in total. The molecule has 0 spiro atoms. The molecule has 0 radical (unpaired) electrons. The van der Waals surface area contributed by atoms with Crippen LogP contribution < -0.4 is 11.1 Å². The second-order valence-corrected chi connectivity index (χ2v) is 5.73. The van der Waals surface area contributed by atoms with Gasteiger partial charge in [0.05, 0.1) is 0 Å². The van der Waals surface area contributed by atoms with Crippen molar-refractivity contribution in [2.24, 2.45) is 11.7 Å². The molecule has 19 heavy (non-hydrogen) atoms. The van der Waals surface area contributed by atoms with Crippen LogP contribution in [0.25, 0.3) is 0 Å². The molecule has 0 aliphatic heterocycles. The van der Waals surface area contributed by atoms with Crippen LogP contribution in [0.2, 0.25) is 0 Å². The Labute approximate surface area is 115 Å². The largest absolute Gasteiger partial charge is 0.352 e. The minimum Gasteiger partial charge on any atom is -0.352 e. The van der Waals surface area contributed by atoms with E-state index in [0.29, 0.717) is 5.92 Å². The molecule has 1 aliphatic rings. The molecule has 1 aromatic rings. The van der Waals surface area contributed by atoms with E-state index in [-0.39, 0.29) is 11.9 Å². The lowest BCUT2D eigenvalue weighted by molar-refractivity contribution is -0.123. The van der Waals surface area contributed by atoms with Gasteiger partial charge in [-0.3, -0.25) is 4.79 Å². The maximum absolute atomic E-state index is 12.2. The van der Waals surface area contributed by atoms with Crippen LogP contribution in [0.5, 0.6) is 0 Å². The van der Waals surface area contributed by atoms with Crippen molar-refractivity contribution in [2.45, 2.75) is 51.6 Å². The molecule has 1 fully saturated rings. The van der Waals surface area contributed by atoms with Gasteiger partial charge in [0.25, 0.3) is 0 Å². The third-order valence-corrected chi connectivity index (χ3v) is 4.20. The fourth-order valence-corrected chi connectivity index (χ4v) is 2.81. The third kappa shape index (κ3) is 3.57.